The second-order valence-electron chi connectivity index (χ2n) is 34.0. The molecule has 620 valence electrons. The minimum atomic E-state index is -0.745. The molecule has 9 atom stereocenters. The summed E-state index contributed by atoms with van der Waals surface area (Å²) in [5, 5.41) is 38.7. The molecule has 8 N–H and O–H groups in total. The number of hydrogen-bond acceptors (Lipinski definition) is 20. The molecule has 0 saturated carbocycles. The number of carbonyl (C=O) groups excluding carboxylic acids is 8. The number of carboxylic acids is 1. The number of Topliss-reactive ketones (excluding diaryl/α,β-unsaturated/α-hetero) is 5. The van der Waals surface area contributed by atoms with Gasteiger partial charge in [0, 0.05) is 102 Å². The van der Waals surface area contributed by atoms with Gasteiger partial charge in [-0.05, 0) is 115 Å². The summed E-state index contributed by atoms with van der Waals surface area (Å²) in [6.07, 6.45) is 12.0. The SMILES string of the molecule is CCC(=O)O.CCCCCCCC(=O)C[C@H](C(=O)N1C[C@H](O)C[C@H]1C(=O)CCc1ccc(-c2scnc2C)cc1)C(C)(C)C.Cc1ncsc1-c1ccc(CCC(=O)[C@@H]2C[C@@H](O)CN2C(=O)[C@@H](CC(=O)CCCCCCN)C(C)(C)C)cc1.Cc1ncsc1-c1ccc(CCC(=O)[C@@H]2C[C@@H](O)CN2C(=O)[C@@H](N)C(C)(C)C)cc1. The largest absolute Gasteiger partial charge is 0.481 e. The third-order valence-electron chi connectivity index (χ3n) is 21.7. The normalized spacial score (nSPS) is 18.4. The van der Waals surface area contributed by atoms with E-state index in [1.54, 1.807) is 50.7 Å². The van der Waals surface area contributed by atoms with Crippen molar-refractivity contribution in [2.45, 2.75) is 287 Å². The van der Waals surface area contributed by atoms with Gasteiger partial charge in [0.05, 0.1) is 90.7 Å². The standard InChI is InChI=1S/C32H46N2O4S.C31H45N3O4S.C23H31N3O3S.C3H6O2/c1-6-7-8-9-10-11-25(35)18-27(32(3,4)5)31(38)34-20-26(36)19-28(34)29(37)17-14-23-12-15-24(16-13-23)30-22(2)33-21-39-30;1-21-29(39-20-33-21)23-13-10-22(11-14-23)12-15-28(37)27-18-25(36)19-34(27)30(38)26(31(2,3)4)17-24(35)9-7-5-6-8-16-32;1-14-20(30-13-25-14)16-8-5-15(6-9-16)7-10-19(28)18-11-17(27)12-26(18)22(29)21(24)23(2,3)4;1-2-3(4)5/h12-13,15-16,21,26-28,36H,6-11,14,17-20H2,1-5H3;10-11,13-14,20,25-27,36H,5-9,12,15-19,32H2,1-4H3;5-6,8-9,13,17-18,21,27H,7,10-12,24H2,1-4H3;2H2,1H3,(H,4,5)/t26-,27-,28+;25-,26-,27+;17-,18+,21-;/m111./s1. The Morgan fingerprint density at radius 3 is 0.991 bits per heavy atom. The number of nitrogens with zero attached hydrogens (tertiary/aromatic N) is 6. The van der Waals surface area contributed by atoms with E-state index in [-0.39, 0.29) is 105 Å². The van der Waals surface area contributed by atoms with Gasteiger partial charge >= 0.3 is 5.97 Å². The van der Waals surface area contributed by atoms with Crippen LogP contribution in [0.5, 0.6) is 0 Å². The van der Waals surface area contributed by atoms with Gasteiger partial charge in [-0.3, -0.25) is 43.2 Å². The Morgan fingerprint density at radius 2 is 0.735 bits per heavy atom. The highest BCUT2D eigenvalue weighted by molar-refractivity contribution is 7.14. The lowest BCUT2D eigenvalue weighted by molar-refractivity contribution is -0.146. The fourth-order valence-corrected chi connectivity index (χ4v) is 16.9. The molecule has 113 heavy (non-hydrogen) atoms. The molecule has 6 heterocycles. The number of carboxylic acid groups (broad SMARTS) is 1. The van der Waals surface area contributed by atoms with Crippen molar-refractivity contribution in [3.63, 3.8) is 0 Å². The first-order chi connectivity index (χ1) is 53.4. The molecule has 9 rings (SSSR count). The first-order valence-electron chi connectivity index (χ1n) is 40.6. The van der Waals surface area contributed by atoms with Crippen molar-refractivity contribution in [3.05, 3.63) is 123 Å². The summed E-state index contributed by atoms with van der Waals surface area (Å²) in [6, 6.07) is 21.9. The van der Waals surface area contributed by atoms with Crippen LogP contribution in [0, 0.1) is 48.9 Å². The number of ketones is 5. The van der Waals surface area contributed by atoms with Gasteiger partial charge < -0.3 is 46.6 Å². The number of aliphatic hydroxyl groups is 3. The molecule has 21 nitrogen and oxygen atoms in total. The molecule has 3 aromatic heterocycles. The number of amides is 3. The number of thiazole rings is 3. The Labute approximate surface area is 683 Å². The monoisotopic (exact) mass is 1610 g/mol. The Hall–Kier alpha value is -7.42. The molecule has 0 spiro atoms. The topological polar surface area (TPSA) is 335 Å². The fourth-order valence-electron chi connectivity index (χ4n) is 14.5. The molecule has 0 aliphatic carbocycles. The van der Waals surface area contributed by atoms with E-state index >= 15 is 0 Å². The van der Waals surface area contributed by atoms with E-state index in [1.807, 2.05) is 136 Å². The van der Waals surface area contributed by atoms with Gasteiger partial charge in [-0.2, -0.15) is 0 Å². The molecule has 3 fully saturated rings. The fraction of sp³-hybridized carbons (Fsp3) is 0.596. The predicted octanol–water partition coefficient (Wildman–Crippen LogP) is 15.1. The molecule has 3 aliphatic heterocycles. The van der Waals surface area contributed by atoms with Crippen LogP contribution in [0.3, 0.4) is 0 Å². The first-order valence-corrected chi connectivity index (χ1v) is 43.2. The van der Waals surface area contributed by atoms with E-state index in [2.05, 4.69) is 58.3 Å². The zero-order chi connectivity index (χ0) is 83.5. The van der Waals surface area contributed by atoms with Gasteiger partial charge in [0.25, 0.3) is 0 Å². The number of likely N-dealkylation sites (tertiary alicyclic amines) is 3. The van der Waals surface area contributed by atoms with Crippen molar-refractivity contribution < 1.29 is 63.6 Å². The highest BCUT2D eigenvalue weighted by Gasteiger charge is 2.47. The van der Waals surface area contributed by atoms with Crippen LogP contribution in [0.4, 0.5) is 0 Å². The Balaban J connectivity index is 0.000000258. The zero-order valence-electron chi connectivity index (χ0n) is 69.5. The number of aliphatic hydroxyl groups excluding tert-OH is 3. The summed E-state index contributed by atoms with van der Waals surface area (Å²) in [5.74, 6) is -2.33. The predicted molar refractivity (Wildman–Crippen MR) is 451 cm³/mol. The first kappa shape index (κ1) is 94.4. The van der Waals surface area contributed by atoms with Crippen LogP contribution in [-0.4, -0.2) is 171 Å². The maximum absolute atomic E-state index is 13.8. The summed E-state index contributed by atoms with van der Waals surface area (Å²) in [7, 11) is 0. The van der Waals surface area contributed by atoms with E-state index in [1.165, 1.54) is 11.3 Å². The number of carbonyl (C=O) groups is 9. The quantitative estimate of drug-likeness (QED) is 0.0201. The number of aromatic nitrogens is 3. The van der Waals surface area contributed by atoms with Crippen LogP contribution < -0.4 is 11.5 Å². The number of nitrogens with two attached hydrogens (primary N) is 2. The number of rotatable bonds is 35. The number of hydrogen-bond donors (Lipinski definition) is 6. The van der Waals surface area contributed by atoms with E-state index in [0.29, 0.717) is 57.9 Å². The van der Waals surface area contributed by atoms with Crippen molar-refractivity contribution in [3.8, 4) is 31.3 Å². The maximum Gasteiger partial charge on any atom is 0.303 e. The molecule has 0 unspecified atom stereocenters. The lowest BCUT2D eigenvalue weighted by atomic mass is 9.76. The molecular weight excluding hydrogens is 1490 g/mol. The molecule has 3 aliphatic rings. The van der Waals surface area contributed by atoms with Gasteiger partial charge in [0.15, 0.2) is 17.3 Å². The van der Waals surface area contributed by atoms with E-state index in [4.69, 9.17) is 16.6 Å². The molecule has 3 amide bonds. The molecule has 0 bridgehead atoms. The third kappa shape index (κ3) is 29.4. The van der Waals surface area contributed by atoms with E-state index < -0.39 is 76.5 Å². The lowest BCUT2D eigenvalue weighted by Crippen LogP contribution is -2.53. The van der Waals surface area contributed by atoms with Crippen molar-refractivity contribution in [1.82, 2.24) is 29.7 Å². The molecule has 3 aromatic carbocycles. The number of aliphatic carboxylic acids is 1. The lowest BCUT2D eigenvalue weighted by Gasteiger charge is -2.34. The highest BCUT2D eigenvalue weighted by atomic mass is 32.1. The maximum atomic E-state index is 13.8. The average Bonchev–Trinajstić information content (AvgIpc) is 1.74. The van der Waals surface area contributed by atoms with Gasteiger partial charge in [-0.25, -0.2) is 15.0 Å². The summed E-state index contributed by atoms with van der Waals surface area (Å²) in [5.41, 5.74) is 25.5. The van der Waals surface area contributed by atoms with Crippen LogP contribution in [0.1, 0.15) is 238 Å². The summed E-state index contributed by atoms with van der Waals surface area (Å²) < 4.78 is 0. The van der Waals surface area contributed by atoms with Crippen LogP contribution >= 0.6 is 34.0 Å². The molecule has 3 saturated heterocycles. The average molecular weight is 1610 g/mol. The summed E-state index contributed by atoms with van der Waals surface area (Å²) >= 11 is 4.84. The van der Waals surface area contributed by atoms with E-state index in [9.17, 15) is 58.5 Å². The Kier molecular flexibility index (Phi) is 37.8. The summed E-state index contributed by atoms with van der Waals surface area (Å²) in [6.45, 7) is 28.4. The minimum absolute atomic E-state index is 0.0246. The Morgan fingerprint density at radius 1 is 0.442 bits per heavy atom. The van der Waals surface area contributed by atoms with Crippen molar-refractivity contribution in [2.75, 3.05) is 26.2 Å². The van der Waals surface area contributed by atoms with Crippen molar-refractivity contribution >= 4 is 86.6 Å². The zero-order valence-corrected chi connectivity index (χ0v) is 71.9. The van der Waals surface area contributed by atoms with Gasteiger partial charge in [-0.1, -0.05) is 187 Å². The van der Waals surface area contributed by atoms with Crippen LogP contribution in [-0.2, 0) is 62.4 Å². The second-order valence-corrected chi connectivity index (χ2v) is 36.6. The second kappa shape index (κ2) is 45.2. The minimum Gasteiger partial charge on any atom is -0.481 e. The number of aryl methyl sites for hydroxylation is 6. The third-order valence-corrected chi connectivity index (χ3v) is 24.6. The number of unbranched alkanes of at least 4 members (excludes halogenated alkanes) is 7. The van der Waals surface area contributed by atoms with Crippen molar-refractivity contribution in [2.24, 2.45) is 39.5 Å². The molecule has 24 heteroatoms. The van der Waals surface area contributed by atoms with E-state index in [0.717, 1.165) is 116 Å². The summed E-state index contributed by atoms with van der Waals surface area (Å²) in [4.78, 5) is 136. The molecule has 6 aromatic rings. The van der Waals surface area contributed by atoms with Gasteiger partial charge in [0.2, 0.25) is 17.7 Å². The van der Waals surface area contributed by atoms with Crippen LogP contribution in [0.25, 0.3) is 31.3 Å². The van der Waals surface area contributed by atoms with Crippen molar-refractivity contribution in [1.29, 1.82) is 0 Å². The van der Waals surface area contributed by atoms with Crippen LogP contribution in [0.2, 0.25) is 0 Å². The van der Waals surface area contributed by atoms with Crippen LogP contribution in [0.15, 0.2) is 89.3 Å². The molecular formula is C89H128N8O13S3. The number of benzene rings is 3. The van der Waals surface area contributed by atoms with Gasteiger partial charge in [0.1, 0.15) is 11.6 Å². The molecule has 0 radical (unpaired) electrons. The Bertz CT molecular complexity index is 3860. The highest BCUT2D eigenvalue weighted by Crippen LogP contribution is 2.38. The number of β-amino-alcohol motifs (C(OH)–C–C–N with tert-alkyl or cyclic N) is 3. The smallest absolute Gasteiger partial charge is 0.303 e. The van der Waals surface area contributed by atoms with Gasteiger partial charge in [-0.15, -0.1) is 34.0 Å².